The van der Waals surface area contributed by atoms with E-state index in [2.05, 4.69) is 5.32 Å². The molecule has 4 amide bonds. The Morgan fingerprint density at radius 1 is 1.07 bits per heavy atom. The van der Waals surface area contributed by atoms with Gasteiger partial charge >= 0.3 is 0 Å². The molecule has 28 heavy (non-hydrogen) atoms. The van der Waals surface area contributed by atoms with Crippen LogP contribution in [0.4, 0.5) is 10.5 Å². The molecule has 2 heterocycles. The highest BCUT2D eigenvalue weighted by molar-refractivity contribution is 8.14. The molecule has 1 atom stereocenters. The molecule has 1 aliphatic carbocycles. The quantitative estimate of drug-likeness (QED) is 0.819. The van der Waals surface area contributed by atoms with Gasteiger partial charge in [0.2, 0.25) is 17.7 Å². The molecule has 1 aromatic rings. The number of hydrogen-bond donors (Lipinski definition) is 1. The van der Waals surface area contributed by atoms with Gasteiger partial charge in [0.15, 0.2) is 0 Å². The van der Waals surface area contributed by atoms with Crippen molar-refractivity contribution < 1.29 is 19.2 Å². The molecule has 1 N–H and O–H groups in total. The van der Waals surface area contributed by atoms with Crippen molar-refractivity contribution in [3.8, 4) is 0 Å². The number of carbonyl (C=O) groups is 4. The zero-order valence-electron chi connectivity index (χ0n) is 15.6. The Bertz CT molecular complexity index is 790. The molecule has 0 bridgehead atoms. The molecule has 4 rings (SSSR count). The Labute approximate surface area is 167 Å². The first-order valence-electron chi connectivity index (χ1n) is 9.67. The van der Waals surface area contributed by atoms with E-state index in [0.29, 0.717) is 12.2 Å². The number of anilines is 1. The Kier molecular flexibility index (Phi) is 5.39. The second kappa shape index (κ2) is 7.95. The van der Waals surface area contributed by atoms with Gasteiger partial charge in [0.25, 0.3) is 5.24 Å². The SMILES string of the molecule is O=C(Nc1ccc(CN2C(=O)CSC2=O)cc1)C1CCCN(C(=O)C2CC2)C1. The van der Waals surface area contributed by atoms with Crippen LogP contribution < -0.4 is 5.32 Å². The average Bonchev–Trinajstić information content (AvgIpc) is 3.51. The minimum Gasteiger partial charge on any atom is -0.342 e. The van der Waals surface area contributed by atoms with Crippen LogP contribution in [0.1, 0.15) is 31.2 Å². The van der Waals surface area contributed by atoms with Gasteiger partial charge in [-0.25, -0.2) is 0 Å². The van der Waals surface area contributed by atoms with Crippen molar-refractivity contribution >= 4 is 40.4 Å². The maximum atomic E-state index is 12.6. The maximum absolute atomic E-state index is 12.6. The van der Waals surface area contributed by atoms with E-state index in [1.165, 1.54) is 4.90 Å². The lowest BCUT2D eigenvalue weighted by molar-refractivity contribution is -0.135. The van der Waals surface area contributed by atoms with Crippen molar-refractivity contribution in [1.82, 2.24) is 9.80 Å². The molecule has 8 heteroatoms. The van der Waals surface area contributed by atoms with Gasteiger partial charge in [-0.15, -0.1) is 0 Å². The summed E-state index contributed by atoms with van der Waals surface area (Å²) in [7, 11) is 0. The van der Waals surface area contributed by atoms with Crippen LogP contribution >= 0.6 is 11.8 Å². The smallest absolute Gasteiger partial charge is 0.289 e. The van der Waals surface area contributed by atoms with Gasteiger partial charge in [0, 0.05) is 24.7 Å². The molecule has 0 radical (unpaired) electrons. The number of rotatable bonds is 5. The lowest BCUT2D eigenvalue weighted by Crippen LogP contribution is -2.44. The lowest BCUT2D eigenvalue weighted by Gasteiger charge is -2.32. The summed E-state index contributed by atoms with van der Waals surface area (Å²) in [5, 5.41) is 2.71. The number of likely N-dealkylation sites (tertiary alicyclic amines) is 1. The van der Waals surface area contributed by atoms with Gasteiger partial charge in [-0.3, -0.25) is 24.1 Å². The first-order valence-corrected chi connectivity index (χ1v) is 10.7. The normalized spacial score (nSPS) is 22.5. The molecule has 0 aromatic heterocycles. The fourth-order valence-electron chi connectivity index (χ4n) is 3.63. The molecule has 1 aromatic carbocycles. The number of imide groups is 1. The van der Waals surface area contributed by atoms with Crippen LogP contribution in [0.15, 0.2) is 24.3 Å². The summed E-state index contributed by atoms with van der Waals surface area (Å²) < 4.78 is 0. The number of piperidine rings is 1. The van der Waals surface area contributed by atoms with Crippen LogP contribution in [0.3, 0.4) is 0 Å². The zero-order chi connectivity index (χ0) is 19.7. The molecule has 7 nitrogen and oxygen atoms in total. The van der Waals surface area contributed by atoms with Crippen molar-refractivity contribution in [2.75, 3.05) is 24.2 Å². The summed E-state index contributed by atoms with van der Waals surface area (Å²) in [4.78, 5) is 51.3. The number of hydrogen-bond acceptors (Lipinski definition) is 5. The highest BCUT2D eigenvalue weighted by atomic mass is 32.2. The van der Waals surface area contributed by atoms with Crippen LogP contribution in [-0.4, -0.2) is 51.6 Å². The van der Waals surface area contributed by atoms with Crippen molar-refractivity contribution in [3.05, 3.63) is 29.8 Å². The van der Waals surface area contributed by atoms with Gasteiger partial charge in [-0.2, -0.15) is 0 Å². The van der Waals surface area contributed by atoms with Crippen LogP contribution in [0.2, 0.25) is 0 Å². The molecule has 1 unspecified atom stereocenters. The van der Waals surface area contributed by atoms with E-state index in [0.717, 1.165) is 49.6 Å². The molecule has 3 aliphatic rings. The highest BCUT2D eigenvalue weighted by Gasteiger charge is 2.36. The third-order valence-corrected chi connectivity index (χ3v) is 6.29. The van der Waals surface area contributed by atoms with E-state index in [1.807, 2.05) is 17.0 Å². The van der Waals surface area contributed by atoms with E-state index in [9.17, 15) is 19.2 Å². The van der Waals surface area contributed by atoms with Gasteiger partial charge in [-0.1, -0.05) is 23.9 Å². The van der Waals surface area contributed by atoms with Crippen LogP contribution in [-0.2, 0) is 20.9 Å². The summed E-state index contributed by atoms with van der Waals surface area (Å²) >= 11 is 1.02. The lowest BCUT2D eigenvalue weighted by atomic mass is 9.96. The summed E-state index contributed by atoms with van der Waals surface area (Å²) in [6, 6.07) is 7.18. The molecular formula is C20H23N3O4S. The topological polar surface area (TPSA) is 86.8 Å². The molecule has 3 fully saturated rings. The first-order chi connectivity index (χ1) is 13.5. The van der Waals surface area contributed by atoms with Crippen LogP contribution in [0.25, 0.3) is 0 Å². The summed E-state index contributed by atoms with van der Waals surface area (Å²) in [6.45, 7) is 1.50. The maximum Gasteiger partial charge on any atom is 0.289 e. The summed E-state index contributed by atoms with van der Waals surface area (Å²) in [6.07, 6.45) is 3.60. The predicted octanol–water partition coefficient (Wildman–Crippen LogP) is 2.47. The number of nitrogens with one attached hydrogen (secondary N) is 1. The van der Waals surface area contributed by atoms with E-state index in [1.54, 1.807) is 12.1 Å². The van der Waals surface area contributed by atoms with Gasteiger partial charge in [0.05, 0.1) is 18.2 Å². The molecule has 2 aliphatic heterocycles. The molecule has 1 saturated carbocycles. The molecule has 0 spiro atoms. The Morgan fingerprint density at radius 2 is 1.82 bits per heavy atom. The number of carbonyl (C=O) groups excluding carboxylic acids is 4. The van der Waals surface area contributed by atoms with E-state index < -0.39 is 0 Å². The van der Waals surface area contributed by atoms with Gasteiger partial charge in [-0.05, 0) is 43.4 Å². The number of benzene rings is 1. The van der Waals surface area contributed by atoms with Crippen LogP contribution in [0, 0.1) is 11.8 Å². The minimum atomic E-state index is -0.218. The Hall–Kier alpha value is -2.35. The zero-order valence-corrected chi connectivity index (χ0v) is 16.4. The molecular weight excluding hydrogens is 378 g/mol. The fraction of sp³-hybridized carbons (Fsp3) is 0.500. The number of thioether (sulfide) groups is 1. The Balaban J connectivity index is 1.32. The highest BCUT2D eigenvalue weighted by Crippen LogP contribution is 2.32. The predicted molar refractivity (Wildman–Crippen MR) is 106 cm³/mol. The standard InChI is InChI=1S/C20H23N3O4S/c24-17-12-28-20(27)23(17)10-13-3-7-16(8-4-13)21-18(25)15-2-1-9-22(11-15)19(26)14-5-6-14/h3-4,7-8,14-15H,1-2,5-6,9-12H2,(H,21,25). The van der Waals surface area contributed by atoms with Crippen molar-refractivity contribution in [2.24, 2.45) is 11.8 Å². The van der Waals surface area contributed by atoms with Crippen LogP contribution in [0.5, 0.6) is 0 Å². The monoisotopic (exact) mass is 401 g/mol. The first kappa shape index (κ1) is 19.0. The third kappa shape index (κ3) is 4.22. The fourth-order valence-corrected chi connectivity index (χ4v) is 4.36. The number of amides is 4. The second-order valence-corrected chi connectivity index (χ2v) is 8.54. The van der Waals surface area contributed by atoms with Gasteiger partial charge in [0.1, 0.15) is 0 Å². The largest absolute Gasteiger partial charge is 0.342 e. The Morgan fingerprint density at radius 3 is 2.46 bits per heavy atom. The molecule has 2 saturated heterocycles. The van der Waals surface area contributed by atoms with E-state index in [-0.39, 0.29) is 47.1 Å². The third-order valence-electron chi connectivity index (χ3n) is 5.43. The van der Waals surface area contributed by atoms with E-state index in [4.69, 9.17) is 0 Å². The summed E-state index contributed by atoms with van der Waals surface area (Å²) in [5.74, 6) is 0.160. The number of nitrogens with zero attached hydrogens (tertiary/aromatic N) is 2. The minimum absolute atomic E-state index is 0.0673. The van der Waals surface area contributed by atoms with E-state index >= 15 is 0 Å². The average molecular weight is 401 g/mol. The molecule has 148 valence electrons. The summed E-state index contributed by atoms with van der Waals surface area (Å²) in [5.41, 5.74) is 1.51. The van der Waals surface area contributed by atoms with Crippen molar-refractivity contribution in [2.45, 2.75) is 32.2 Å². The second-order valence-electron chi connectivity index (χ2n) is 7.62. The van der Waals surface area contributed by atoms with Gasteiger partial charge < -0.3 is 10.2 Å². The van der Waals surface area contributed by atoms with Crippen molar-refractivity contribution in [1.29, 1.82) is 0 Å². The van der Waals surface area contributed by atoms with Crippen molar-refractivity contribution in [3.63, 3.8) is 0 Å².